The van der Waals surface area contributed by atoms with Gasteiger partial charge in [0.15, 0.2) is 0 Å². The quantitative estimate of drug-likeness (QED) is 0.309. The molecule has 1 nitrogen and oxygen atoms in total. The summed E-state index contributed by atoms with van der Waals surface area (Å²) in [7, 11) is 0. The number of aromatic nitrogens is 1. The van der Waals surface area contributed by atoms with Crippen LogP contribution in [-0.2, 0) is 0 Å². The van der Waals surface area contributed by atoms with Crippen molar-refractivity contribution in [1.29, 1.82) is 0 Å². The maximum atomic E-state index is 4.41. The Balaban J connectivity index is 1.88. The zero-order valence-electron chi connectivity index (χ0n) is 16.6. The van der Waals surface area contributed by atoms with Crippen LogP contribution < -0.4 is 0 Å². The van der Waals surface area contributed by atoms with Crippen molar-refractivity contribution in [3.8, 4) is 44.5 Å². The monoisotopic (exact) mass is 383 g/mol. The molecule has 0 saturated carbocycles. The van der Waals surface area contributed by atoms with Crippen LogP contribution in [0.1, 0.15) is 0 Å². The predicted octanol–water partition coefficient (Wildman–Crippen LogP) is 7.75. The summed E-state index contributed by atoms with van der Waals surface area (Å²) in [5, 5.41) is 0. The third-order valence-electron chi connectivity index (χ3n) is 5.37. The molecule has 142 valence electrons. The highest BCUT2D eigenvalue weighted by Gasteiger charge is 2.16. The summed E-state index contributed by atoms with van der Waals surface area (Å²) in [5.74, 6) is 0. The molecular formula is C29H21N. The van der Waals surface area contributed by atoms with Crippen molar-refractivity contribution in [2.75, 3.05) is 0 Å². The van der Waals surface area contributed by atoms with E-state index in [0.29, 0.717) is 0 Å². The molecule has 0 saturated heterocycles. The Hall–Kier alpha value is -3.97. The molecule has 0 aliphatic rings. The van der Waals surface area contributed by atoms with Gasteiger partial charge in [0.05, 0.1) is 0 Å². The van der Waals surface area contributed by atoms with Gasteiger partial charge in [0.2, 0.25) is 0 Å². The number of rotatable bonds is 4. The molecule has 0 unspecified atom stereocenters. The average molecular weight is 383 g/mol. The largest absolute Gasteiger partial charge is 0.264 e. The fourth-order valence-corrected chi connectivity index (χ4v) is 3.95. The van der Waals surface area contributed by atoms with E-state index in [9.17, 15) is 0 Å². The Labute approximate surface area is 177 Å². The number of nitrogens with zero attached hydrogens (tertiary/aromatic N) is 1. The summed E-state index contributed by atoms with van der Waals surface area (Å²) in [6.45, 7) is 0. The minimum atomic E-state index is 1.12. The first-order chi connectivity index (χ1) is 14.9. The molecule has 0 aliphatic heterocycles. The third-order valence-corrected chi connectivity index (χ3v) is 5.37. The molecule has 0 N–H and O–H groups in total. The van der Waals surface area contributed by atoms with E-state index < -0.39 is 0 Å². The molecule has 5 aromatic rings. The summed E-state index contributed by atoms with van der Waals surface area (Å²) in [6, 6.07) is 40.6. The highest BCUT2D eigenvalue weighted by molar-refractivity contribution is 5.97. The van der Waals surface area contributed by atoms with Gasteiger partial charge < -0.3 is 0 Å². The van der Waals surface area contributed by atoms with Crippen LogP contribution in [0.3, 0.4) is 0 Å². The fourth-order valence-electron chi connectivity index (χ4n) is 3.95. The second kappa shape index (κ2) is 8.18. The maximum absolute atomic E-state index is 4.41. The Morgan fingerprint density at radius 2 is 0.867 bits per heavy atom. The molecule has 5 rings (SSSR count). The summed E-state index contributed by atoms with van der Waals surface area (Å²) >= 11 is 0. The van der Waals surface area contributed by atoms with Crippen molar-refractivity contribution in [3.63, 3.8) is 0 Å². The van der Waals surface area contributed by atoms with Gasteiger partial charge in [-0.3, -0.25) is 4.98 Å². The average Bonchev–Trinajstić information content (AvgIpc) is 2.85. The Morgan fingerprint density at radius 3 is 1.33 bits per heavy atom. The van der Waals surface area contributed by atoms with Crippen LogP contribution in [0.2, 0.25) is 0 Å². The molecule has 0 aliphatic carbocycles. The van der Waals surface area contributed by atoms with Crippen LogP contribution >= 0.6 is 0 Å². The first kappa shape index (κ1) is 18.1. The topological polar surface area (TPSA) is 12.9 Å². The standard InChI is InChI=1S/C29H21N/c1-4-11-22(12-5-1)26-19-27(23-13-6-2-7-14-23)29(25-17-10-18-30-21-25)28(20-26)24-15-8-3-9-16-24/h1-21H. The van der Waals surface area contributed by atoms with Gasteiger partial charge in [0, 0.05) is 18.0 Å². The molecule has 0 bridgehead atoms. The first-order valence-corrected chi connectivity index (χ1v) is 10.1. The van der Waals surface area contributed by atoms with Gasteiger partial charge in [0.25, 0.3) is 0 Å². The van der Waals surface area contributed by atoms with Crippen LogP contribution in [0.5, 0.6) is 0 Å². The van der Waals surface area contributed by atoms with Crippen molar-refractivity contribution < 1.29 is 0 Å². The summed E-state index contributed by atoms with van der Waals surface area (Å²) < 4.78 is 0. The van der Waals surface area contributed by atoms with E-state index in [4.69, 9.17) is 0 Å². The predicted molar refractivity (Wildman–Crippen MR) is 126 cm³/mol. The molecule has 0 spiro atoms. The van der Waals surface area contributed by atoms with Crippen molar-refractivity contribution in [2.45, 2.75) is 0 Å². The lowest BCUT2D eigenvalue weighted by atomic mass is 9.85. The molecule has 0 radical (unpaired) electrons. The normalized spacial score (nSPS) is 10.7. The van der Waals surface area contributed by atoms with Crippen LogP contribution in [0, 0.1) is 0 Å². The molecule has 1 heteroatoms. The lowest BCUT2D eigenvalue weighted by Gasteiger charge is -2.18. The number of benzene rings is 4. The molecule has 30 heavy (non-hydrogen) atoms. The lowest BCUT2D eigenvalue weighted by Crippen LogP contribution is -1.93. The molecule has 0 amide bonds. The fraction of sp³-hybridized carbons (Fsp3) is 0. The van der Waals surface area contributed by atoms with Gasteiger partial charge in [-0.05, 0) is 57.1 Å². The van der Waals surface area contributed by atoms with Crippen molar-refractivity contribution in [1.82, 2.24) is 4.98 Å². The van der Waals surface area contributed by atoms with Crippen molar-refractivity contribution >= 4 is 0 Å². The minimum absolute atomic E-state index is 1.12. The van der Waals surface area contributed by atoms with Gasteiger partial charge in [-0.25, -0.2) is 0 Å². The Kier molecular flexibility index (Phi) is 4.93. The van der Waals surface area contributed by atoms with Crippen LogP contribution in [0.4, 0.5) is 0 Å². The molecule has 1 heterocycles. The highest BCUT2D eigenvalue weighted by atomic mass is 14.6. The number of hydrogen-bond acceptors (Lipinski definition) is 1. The van der Waals surface area contributed by atoms with E-state index in [1.807, 2.05) is 18.5 Å². The second-order valence-electron chi connectivity index (χ2n) is 7.29. The zero-order chi connectivity index (χ0) is 20.2. The van der Waals surface area contributed by atoms with E-state index in [2.05, 4.69) is 114 Å². The molecule has 0 fully saturated rings. The Morgan fingerprint density at radius 1 is 0.400 bits per heavy atom. The van der Waals surface area contributed by atoms with Crippen molar-refractivity contribution in [3.05, 3.63) is 128 Å². The van der Waals surface area contributed by atoms with E-state index in [1.165, 1.54) is 38.9 Å². The minimum Gasteiger partial charge on any atom is -0.264 e. The van der Waals surface area contributed by atoms with E-state index in [0.717, 1.165) is 5.56 Å². The highest BCUT2D eigenvalue weighted by Crippen LogP contribution is 2.42. The molecule has 4 aromatic carbocycles. The lowest BCUT2D eigenvalue weighted by molar-refractivity contribution is 1.33. The van der Waals surface area contributed by atoms with E-state index in [1.54, 1.807) is 0 Å². The maximum Gasteiger partial charge on any atom is 0.0346 e. The number of hydrogen-bond donors (Lipinski definition) is 0. The summed E-state index contributed by atoms with van der Waals surface area (Å²) in [4.78, 5) is 4.41. The smallest absolute Gasteiger partial charge is 0.0346 e. The van der Waals surface area contributed by atoms with Gasteiger partial charge in [-0.15, -0.1) is 0 Å². The van der Waals surface area contributed by atoms with E-state index in [-0.39, 0.29) is 0 Å². The summed E-state index contributed by atoms with van der Waals surface area (Å²) in [5.41, 5.74) is 9.57. The Bertz CT molecular complexity index is 1180. The summed E-state index contributed by atoms with van der Waals surface area (Å²) in [6.07, 6.45) is 3.78. The van der Waals surface area contributed by atoms with Gasteiger partial charge in [-0.1, -0.05) is 97.1 Å². The van der Waals surface area contributed by atoms with Crippen LogP contribution in [0.15, 0.2) is 128 Å². The molecular weight excluding hydrogens is 362 g/mol. The SMILES string of the molecule is c1ccc(-c2cc(-c3ccccc3)c(-c3cccnc3)c(-c3ccccc3)c2)cc1. The molecule has 1 aromatic heterocycles. The van der Waals surface area contributed by atoms with Gasteiger partial charge >= 0.3 is 0 Å². The zero-order valence-corrected chi connectivity index (χ0v) is 16.6. The second-order valence-corrected chi connectivity index (χ2v) is 7.29. The van der Waals surface area contributed by atoms with Crippen LogP contribution in [0.25, 0.3) is 44.5 Å². The molecule has 0 atom stereocenters. The first-order valence-electron chi connectivity index (χ1n) is 10.1. The van der Waals surface area contributed by atoms with Crippen molar-refractivity contribution in [2.24, 2.45) is 0 Å². The van der Waals surface area contributed by atoms with Gasteiger partial charge in [0.1, 0.15) is 0 Å². The third kappa shape index (κ3) is 3.54. The van der Waals surface area contributed by atoms with Crippen LogP contribution in [-0.4, -0.2) is 4.98 Å². The van der Waals surface area contributed by atoms with Gasteiger partial charge in [-0.2, -0.15) is 0 Å². The number of pyridine rings is 1. The van der Waals surface area contributed by atoms with E-state index >= 15 is 0 Å².